The summed E-state index contributed by atoms with van der Waals surface area (Å²) >= 11 is 0. The van der Waals surface area contributed by atoms with Gasteiger partial charge < -0.3 is 10.2 Å². The molecule has 8 heteroatoms. The lowest BCUT2D eigenvalue weighted by molar-refractivity contribution is 0.562. The molecule has 1 saturated carbocycles. The molecule has 2 aliphatic rings. The molecule has 2 fully saturated rings. The molecule has 0 spiro atoms. The Morgan fingerprint density at radius 3 is 2.58 bits per heavy atom. The number of anilines is 1. The second kappa shape index (κ2) is 7.88. The summed E-state index contributed by atoms with van der Waals surface area (Å²) in [5.41, 5.74) is 1.12. The summed E-state index contributed by atoms with van der Waals surface area (Å²) < 4.78 is 4.92. The molecule has 0 radical (unpaired) electrons. The van der Waals surface area contributed by atoms with Crippen molar-refractivity contribution in [2.45, 2.75) is 25.9 Å². The van der Waals surface area contributed by atoms with Gasteiger partial charge in [-0.2, -0.15) is 5.10 Å². The van der Waals surface area contributed by atoms with Crippen LogP contribution in [0.15, 0.2) is 52.1 Å². The van der Waals surface area contributed by atoms with Crippen LogP contribution in [0.5, 0.6) is 0 Å². The van der Waals surface area contributed by atoms with E-state index in [-0.39, 0.29) is 11.2 Å². The molecule has 1 aliphatic carbocycles. The van der Waals surface area contributed by atoms with Gasteiger partial charge in [0, 0.05) is 39.8 Å². The summed E-state index contributed by atoms with van der Waals surface area (Å²) in [5.74, 6) is 1.32. The third-order valence-corrected chi connectivity index (χ3v) is 6.95. The average molecular weight is 445 g/mol. The smallest absolute Gasteiger partial charge is 0.332 e. The van der Waals surface area contributed by atoms with Crippen LogP contribution in [-0.4, -0.2) is 45.1 Å². The van der Waals surface area contributed by atoms with Crippen molar-refractivity contribution >= 4 is 27.6 Å². The number of benzene rings is 2. The lowest BCUT2D eigenvalue weighted by Crippen LogP contribution is -2.45. The fraction of sp³-hybridized carbons (Fsp3) is 0.400. The van der Waals surface area contributed by atoms with E-state index in [2.05, 4.69) is 40.5 Å². The molecule has 1 aliphatic heterocycles. The number of piperazine rings is 1. The first-order valence-corrected chi connectivity index (χ1v) is 11.7. The third kappa shape index (κ3) is 3.45. The molecule has 170 valence electrons. The van der Waals surface area contributed by atoms with Crippen molar-refractivity contribution in [3.05, 3.63) is 68.9 Å². The maximum atomic E-state index is 13.4. The topological polar surface area (TPSA) is 77.1 Å². The van der Waals surface area contributed by atoms with Crippen molar-refractivity contribution in [1.29, 1.82) is 0 Å². The highest BCUT2D eigenvalue weighted by atomic mass is 16.2. The Hall–Kier alpha value is -3.39. The van der Waals surface area contributed by atoms with Crippen LogP contribution in [0.3, 0.4) is 0 Å². The van der Waals surface area contributed by atoms with E-state index in [1.54, 1.807) is 11.6 Å². The maximum Gasteiger partial charge on any atom is 0.332 e. The van der Waals surface area contributed by atoms with Crippen molar-refractivity contribution in [3.63, 3.8) is 0 Å². The maximum absolute atomic E-state index is 13.4. The normalized spacial score (nSPS) is 16.7. The second-order valence-electron chi connectivity index (χ2n) is 9.26. The molecule has 0 bridgehead atoms. The Bertz CT molecular complexity index is 1470. The largest absolute Gasteiger partial charge is 0.354 e. The molecule has 8 nitrogen and oxygen atoms in total. The summed E-state index contributed by atoms with van der Waals surface area (Å²) in [7, 11) is 1.58. The van der Waals surface area contributed by atoms with E-state index in [1.165, 1.54) is 15.3 Å². The number of hydrogen-bond acceptors (Lipinski definition) is 5. The summed E-state index contributed by atoms with van der Waals surface area (Å²) in [6.45, 7) is 4.44. The summed E-state index contributed by atoms with van der Waals surface area (Å²) in [4.78, 5) is 28.7. The van der Waals surface area contributed by atoms with Crippen LogP contribution in [0.4, 0.5) is 5.82 Å². The number of nitrogens with one attached hydrogen (secondary N) is 1. The fourth-order valence-corrected chi connectivity index (χ4v) is 4.97. The van der Waals surface area contributed by atoms with E-state index < -0.39 is 0 Å². The molecule has 1 N–H and O–H groups in total. The molecular formula is C25H28N6O2. The minimum absolute atomic E-state index is 0.264. The second-order valence-corrected chi connectivity index (χ2v) is 9.26. The van der Waals surface area contributed by atoms with Gasteiger partial charge in [0.25, 0.3) is 5.56 Å². The highest BCUT2D eigenvalue weighted by Gasteiger charge is 2.29. The van der Waals surface area contributed by atoms with E-state index in [1.807, 2.05) is 16.8 Å². The monoisotopic (exact) mass is 444 g/mol. The van der Waals surface area contributed by atoms with Crippen molar-refractivity contribution in [2.75, 3.05) is 31.1 Å². The molecule has 0 amide bonds. The first kappa shape index (κ1) is 20.2. The fourth-order valence-electron chi connectivity index (χ4n) is 4.97. The van der Waals surface area contributed by atoms with Gasteiger partial charge in [-0.05, 0) is 35.1 Å². The number of rotatable bonds is 5. The van der Waals surface area contributed by atoms with Gasteiger partial charge in [0.1, 0.15) is 11.2 Å². The highest BCUT2D eigenvalue weighted by molar-refractivity contribution is 5.89. The van der Waals surface area contributed by atoms with E-state index in [9.17, 15) is 9.59 Å². The van der Waals surface area contributed by atoms with Gasteiger partial charge in [-0.15, -0.1) is 0 Å². The molecule has 2 aromatic heterocycles. The zero-order valence-electron chi connectivity index (χ0n) is 18.8. The van der Waals surface area contributed by atoms with Crippen LogP contribution in [0, 0.1) is 5.92 Å². The Balaban J connectivity index is 1.59. The lowest BCUT2D eigenvalue weighted by Gasteiger charge is -2.29. The minimum Gasteiger partial charge on any atom is -0.354 e. The van der Waals surface area contributed by atoms with Gasteiger partial charge in [-0.3, -0.25) is 13.9 Å². The standard InChI is InChI=1S/C25H28N6O2/c1-28-24(32)21-22(30(25(28)33)15-17-9-10-17)27-31(23(21)29-13-11-26-12-14-29)16-19-7-4-6-18-5-2-3-8-20(18)19/h2-8,17,26H,9-16H2,1H3. The minimum atomic E-state index is -0.277. The Morgan fingerprint density at radius 2 is 1.79 bits per heavy atom. The van der Waals surface area contributed by atoms with Gasteiger partial charge in [0.15, 0.2) is 5.65 Å². The first-order chi connectivity index (χ1) is 16.1. The van der Waals surface area contributed by atoms with Crippen LogP contribution >= 0.6 is 0 Å². The molecule has 33 heavy (non-hydrogen) atoms. The van der Waals surface area contributed by atoms with Crippen LogP contribution < -0.4 is 21.5 Å². The quantitative estimate of drug-likeness (QED) is 0.509. The SMILES string of the molecule is Cn1c(=O)c2c(N3CCNCC3)n(Cc3cccc4ccccc34)nc2n(CC2CC2)c1=O. The zero-order valence-corrected chi connectivity index (χ0v) is 18.8. The van der Waals surface area contributed by atoms with E-state index >= 15 is 0 Å². The summed E-state index contributed by atoms with van der Waals surface area (Å²) in [6.07, 6.45) is 2.25. The Morgan fingerprint density at radius 1 is 1.03 bits per heavy atom. The van der Waals surface area contributed by atoms with E-state index in [4.69, 9.17) is 5.10 Å². The van der Waals surface area contributed by atoms with Crippen LogP contribution in [0.25, 0.3) is 21.8 Å². The molecule has 1 saturated heterocycles. The van der Waals surface area contributed by atoms with Gasteiger partial charge in [0.05, 0.1) is 6.54 Å². The van der Waals surface area contributed by atoms with Gasteiger partial charge in [-0.25, -0.2) is 9.48 Å². The van der Waals surface area contributed by atoms with E-state index in [0.29, 0.717) is 30.0 Å². The number of hydrogen-bond donors (Lipinski definition) is 1. The average Bonchev–Trinajstić information content (AvgIpc) is 3.60. The molecule has 2 aromatic carbocycles. The van der Waals surface area contributed by atoms with E-state index in [0.717, 1.165) is 50.4 Å². The van der Waals surface area contributed by atoms with Crippen LogP contribution in [0.2, 0.25) is 0 Å². The predicted octanol–water partition coefficient (Wildman–Crippen LogP) is 1.92. The van der Waals surface area contributed by atoms with Crippen molar-refractivity contribution in [1.82, 2.24) is 24.2 Å². The molecule has 3 heterocycles. The van der Waals surface area contributed by atoms with Crippen molar-refractivity contribution in [2.24, 2.45) is 13.0 Å². The predicted molar refractivity (Wildman–Crippen MR) is 130 cm³/mol. The highest BCUT2D eigenvalue weighted by Crippen LogP contribution is 2.32. The van der Waals surface area contributed by atoms with Crippen molar-refractivity contribution < 1.29 is 0 Å². The number of fused-ring (bicyclic) bond motifs is 2. The molecule has 6 rings (SSSR count). The molecular weight excluding hydrogens is 416 g/mol. The first-order valence-electron chi connectivity index (χ1n) is 11.7. The zero-order chi connectivity index (χ0) is 22.5. The summed E-state index contributed by atoms with van der Waals surface area (Å²) in [6, 6.07) is 14.6. The van der Waals surface area contributed by atoms with Gasteiger partial charge in [0.2, 0.25) is 0 Å². The van der Waals surface area contributed by atoms with Crippen molar-refractivity contribution in [3.8, 4) is 0 Å². The Kier molecular flexibility index (Phi) is 4.83. The van der Waals surface area contributed by atoms with Gasteiger partial charge in [-0.1, -0.05) is 42.5 Å². The van der Waals surface area contributed by atoms with Gasteiger partial charge >= 0.3 is 5.69 Å². The lowest BCUT2D eigenvalue weighted by atomic mass is 10.0. The summed E-state index contributed by atoms with van der Waals surface area (Å²) in [5, 5.41) is 11.2. The van der Waals surface area contributed by atoms with Crippen LogP contribution in [-0.2, 0) is 20.1 Å². The number of aromatic nitrogens is 4. The van der Waals surface area contributed by atoms with Crippen LogP contribution in [0.1, 0.15) is 18.4 Å². The number of nitrogens with zero attached hydrogens (tertiary/aromatic N) is 5. The molecule has 0 atom stereocenters. The third-order valence-electron chi connectivity index (χ3n) is 6.95. The molecule has 0 unspecified atom stereocenters. The Labute approximate surface area is 191 Å². The molecule has 4 aromatic rings.